The van der Waals surface area contributed by atoms with E-state index in [2.05, 4.69) is 27.5 Å². The van der Waals surface area contributed by atoms with Crippen molar-refractivity contribution >= 4 is 17.4 Å². The molecule has 0 radical (unpaired) electrons. The second-order valence-corrected chi connectivity index (χ2v) is 5.96. The van der Waals surface area contributed by atoms with Gasteiger partial charge in [0.15, 0.2) is 0 Å². The van der Waals surface area contributed by atoms with Crippen LogP contribution in [0.1, 0.15) is 31.4 Å². The fraction of sp³-hybridized carbons (Fsp3) is 0.692. The van der Waals surface area contributed by atoms with Gasteiger partial charge in [-0.05, 0) is 30.9 Å². The van der Waals surface area contributed by atoms with Gasteiger partial charge in [-0.15, -0.1) is 0 Å². The monoisotopic (exact) mass is 282 g/mol. The van der Waals surface area contributed by atoms with Crippen molar-refractivity contribution < 1.29 is 0 Å². The molecule has 6 heteroatoms. The van der Waals surface area contributed by atoms with E-state index in [4.69, 9.17) is 0 Å². The normalized spacial score (nSPS) is 17.2. The summed E-state index contributed by atoms with van der Waals surface area (Å²) in [6.45, 7) is 4.93. The van der Waals surface area contributed by atoms with Gasteiger partial charge in [0.25, 0.3) is 5.56 Å². The van der Waals surface area contributed by atoms with Crippen LogP contribution in [0.4, 0.5) is 5.69 Å². The van der Waals surface area contributed by atoms with E-state index >= 15 is 0 Å². The smallest absolute Gasteiger partial charge is 0.274 e. The number of fused-ring (bicyclic) bond motifs is 1. The summed E-state index contributed by atoms with van der Waals surface area (Å²) >= 11 is 2.02. The fourth-order valence-corrected chi connectivity index (χ4v) is 3.05. The Morgan fingerprint density at radius 3 is 3.26 bits per heavy atom. The molecule has 0 aliphatic carbocycles. The van der Waals surface area contributed by atoms with Gasteiger partial charge in [0.2, 0.25) is 0 Å². The first-order valence-corrected chi connectivity index (χ1v) is 8.08. The lowest BCUT2D eigenvalue weighted by Crippen LogP contribution is -2.24. The Labute approximate surface area is 118 Å². The van der Waals surface area contributed by atoms with Gasteiger partial charge in [-0.25, -0.2) is 4.98 Å². The number of hydrogen-bond donors (Lipinski definition) is 3. The highest BCUT2D eigenvalue weighted by atomic mass is 32.2. The molecule has 106 valence electrons. The van der Waals surface area contributed by atoms with E-state index in [1.807, 2.05) is 11.8 Å². The van der Waals surface area contributed by atoms with Crippen LogP contribution < -0.4 is 16.2 Å². The SMILES string of the molecule is CCCSCCCNCC1CNc2c1nc[nH]c2=O. The van der Waals surface area contributed by atoms with Crippen molar-refractivity contribution in [3.05, 3.63) is 22.4 Å². The van der Waals surface area contributed by atoms with Crippen molar-refractivity contribution in [1.82, 2.24) is 15.3 Å². The van der Waals surface area contributed by atoms with Crippen molar-refractivity contribution in [1.29, 1.82) is 0 Å². The highest BCUT2D eigenvalue weighted by molar-refractivity contribution is 7.99. The van der Waals surface area contributed by atoms with E-state index in [9.17, 15) is 4.79 Å². The van der Waals surface area contributed by atoms with Crippen LogP contribution in [-0.2, 0) is 0 Å². The van der Waals surface area contributed by atoms with E-state index in [1.54, 1.807) is 0 Å². The highest BCUT2D eigenvalue weighted by Crippen LogP contribution is 2.24. The van der Waals surface area contributed by atoms with Crippen molar-refractivity contribution in [2.75, 3.05) is 36.5 Å². The Morgan fingerprint density at radius 2 is 2.42 bits per heavy atom. The fourth-order valence-electron chi connectivity index (χ4n) is 2.21. The summed E-state index contributed by atoms with van der Waals surface area (Å²) < 4.78 is 0. The summed E-state index contributed by atoms with van der Waals surface area (Å²) in [4.78, 5) is 18.4. The molecule has 19 heavy (non-hydrogen) atoms. The standard InChI is InChI=1S/C13H22N4OS/c1-2-5-19-6-3-4-14-7-10-8-15-12-11(10)16-9-17-13(12)18/h9-10,14-15H,2-8H2,1H3,(H,16,17,18). The van der Waals surface area contributed by atoms with Gasteiger partial charge in [-0.3, -0.25) is 4.79 Å². The zero-order valence-electron chi connectivity index (χ0n) is 11.4. The molecule has 1 aromatic rings. The first kappa shape index (κ1) is 14.4. The lowest BCUT2D eigenvalue weighted by molar-refractivity contribution is 0.600. The van der Waals surface area contributed by atoms with Crippen LogP contribution in [0.2, 0.25) is 0 Å². The third-order valence-electron chi connectivity index (χ3n) is 3.18. The van der Waals surface area contributed by atoms with Gasteiger partial charge in [-0.1, -0.05) is 6.92 Å². The topological polar surface area (TPSA) is 69.8 Å². The number of rotatable bonds is 8. The number of aromatic amines is 1. The molecule has 0 amide bonds. The number of aromatic nitrogens is 2. The molecule has 1 aliphatic heterocycles. The van der Waals surface area contributed by atoms with E-state index in [-0.39, 0.29) is 5.56 Å². The highest BCUT2D eigenvalue weighted by Gasteiger charge is 2.25. The average molecular weight is 282 g/mol. The third kappa shape index (κ3) is 3.98. The van der Waals surface area contributed by atoms with Gasteiger partial charge < -0.3 is 15.6 Å². The molecule has 0 spiro atoms. The predicted octanol–water partition coefficient (Wildman–Crippen LogP) is 1.40. The maximum absolute atomic E-state index is 11.6. The Kier molecular flexibility index (Phi) is 5.72. The largest absolute Gasteiger partial charge is 0.378 e. The van der Waals surface area contributed by atoms with Crippen LogP contribution in [0.5, 0.6) is 0 Å². The van der Waals surface area contributed by atoms with Crippen LogP contribution in [0, 0.1) is 0 Å². The Hall–Kier alpha value is -1.01. The number of nitrogens with zero attached hydrogens (tertiary/aromatic N) is 1. The van der Waals surface area contributed by atoms with Gasteiger partial charge in [0.05, 0.1) is 12.0 Å². The second kappa shape index (κ2) is 7.55. The first-order valence-electron chi connectivity index (χ1n) is 6.92. The molecule has 0 fully saturated rings. The number of thioether (sulfide) groups is 1. The van der Waals surface area contributed by atoms with Crippen LogP contribution in [0.3, 0.4) is 0 Å². The molecule has 2 rings (SSSR count). The molecule has 0 bridgehead atoms. The molecule has 0 saturated heterocycles. The van der Waals surface area contributed by atoms with Crippen LogP contribution in [0.15, 0.2) is 11.1 Å². The van der Waals surface area contributed by atoms with Gasteiger partial charge in [0, 0.05) is 19.0 Å². The molecule has 1 aliphatic rings. The quantitative estimate of drug-likeness (QED) is 0.629. The lowest BCUT2D eigenvalue weighted by Gasteiger charge is -2.10. The zero-order chi connectivity index (χ0) is 13.5. The van der Waals surface area contributed by atoms with E-state index in [0.29, 0.717) is 11.6 Å². The summed E-state index contributed by atoms with van der Waals surface area (Å²) in [5.41, 5.74) is 1.48. The molecule has 3 N–H and O–H groups in total. The first-order chi connectivity index (χ1) is 9.33. The molecular weight excluding hydrogens is 260 g/mol. The zero-order valence-corrected chi connectivity index (χ0v) is 12.2. The van der Waals surface area contributed by atoms with Crippen molar-refractivity contribution in [2.24, 2.45) is 0 Å². The minimum atomic E-state index is -0.0662. The van der Waals surface area contributed by atoms with Gasteiger partial charge >= 0.3 is 0 Å². The molecule has 1 aromatic heterocycles. The van der Waals surface area contributed by atoms with E-state index < -0.39 is 0 Å². The molecule has 2 heterocycles. The number of hydrogen-bond acceptors (Lipinski definition) is 5. The predicted molar refractivity (Wildman–Crippen MR) is 81.2 cm³/mol. The molecule has 0 saturated carbocycles. The van der Waals surface area contributed by atoms with E-state index in [0.717, 1.165) is 25.3 Å². The number of anilines is 1. The average Bonchev–Trinajstić information content (AvgIpc) is 2.83. The summed E-state index contributed by atoms with van der Waals surface area (Å²) in [6, 6.07) is 0. The number of nitrogens with one attached hydrogen (secondary N) is 3. The second-order valence-electron chi connectivity index (χ2n) is 4.74. The molecule has 1 atom stereocenters. The summed E-state index contributed by atoms with van der Waals surface area (Å²) in [7, 11) is 0. The maximum Gasteiger partial charge on any atom is 0.274 e. The molecular formula is C13H22N4OS. The van der Waals surface area contributed by atoms with Gasteiger partial charge in [-0.2, -0.15) is 11.8 Å². The number of H-pyrrole nitrogens is 1. The minimum absolute atomic E-state index is 0.0662. The third-order valence-corrected chi connectivity index (χ3v) is 4.45. The Morgan fingerprint density at radius 1 is 1.53 bits per heavy atom. The summed E-state index contributed by atoms with van der Waals surface area (Å²) in [5, 5.41) is 6.60. The lowest BCUT2D eigenvalue weighted by atomic mass is 10.1. The van der Waals surface area contributed by atoms with Crippen molar-refractivity contribution in [3.63, 3.8) is 0 Å². The summed E-state index contributed by atoms with van der Waals surface area (Å²) in [6.07, 6.45) is 3.94. The summed E-state index contributed by atoms with van der Waals surface area (Å²) in [5.74, 6) is 2.78. The van der Waals surface area contributed by atoms with E-state index in [1.165, 1.54) is 30.7 Å². The molecule has 1 unspecified atom stereocenters. The van der Waals surface area contributed by atoms with Crippen LogP contribution >= 0.6 is 11.8 Å². The Balaban J connectivity index is 1.69. The maximum atomic E-state index is 11.6. The van der Waals surface area contributed by atoms with Crippen molar-refractivity contribution in [2.45, 2.75) is 25.7 Å². The van der Waals surface area contributed by atoms with Gasteiger partial charge in [0.1, 0.15) is 5.69 Å². The molecule has 5 nitrogen and oxygen atoms in total. The minimum Gasteiger partial charge on any atom is -0.378 e. The Bertz CT molecular complexity index is 449. The van der Waals surface area contributed by atoms with Crippen LogP contribution in [0.25, 0.3) is 0 Å². The van der Waals surface area contributed by atoms with Crippen molar-refractivity contribution in [3.8, 4) is 0 Å². The molecule has 0 aromatic carbocycles. The van der Waals surface area contributed by atoms with Crippen LogP contribution in [-0.4, -0.2) is 41.1 Å².